The molecule has 0 radical (unpaired) electrons. The van der Waals surface area contributed by atoms with Gasteiger partial charge in [-0.1, -0.05) is 86.0 Å². The Morgan fingerprint density at radius 3 is 1.32 bits per heavy atom. The summed E-state index contributed by atoms with van der Waals surface area (Å²) in [5.74, 6) is -0.965. The van der Waals surface area contributed by atoms with Crippen molar-refractivity contribution in [2.24, 2.45) is 28.2 Å². The lowest BCUT2D eigenvalue weighted by Crippen LogP contribution is -2.57. The summed E-state index contributed by atoms with van der Waals surface area (Å²) < 4.78 is 55.2. The van der Waals surface area contributed by atoms with Gasteiger partial charge in [-0.2, -0.15) is 0 Å². The van der Waals surface area contributed by atoms with Crippen molar-refractivity contribution < 1.29 is 95.7 Å². The van der Waals surface area contributed by atoms with E-state index in [9.17, 15) is 57.8 Å². The summed E-state index contributed by atoms with van der Waals surface area (Å²) in [6.45, 7) is 15.0. The molecule has 9 aromatic rings. The average molecular weight is 1810 g/mol. The summed E-state index contributed by atoms with van der Waals surface area (Å²) in [5.41, 5.74) is 9.63. The number of carbonyl (C=O) groups excluding carboxylic acids is 10. The molecule has 10 heterocycles. The van der Waals surface area contributed by atoms with Crippen LogP contribution in [0.3, 0.4) is 0 Å². The maximum absolute atomic E-state index is 14.2. The predicted molar refractivity (Wildman–Crippen MR) is 491 cm³/mol. The highest BCUT2D eigenvalue weighted by Gasteiger charge is 2.49. The van der Waals surface area contributed by atoms with Gasteiger partial charge in [-0.3, -0.25) is 38.4 Å². The molecule has 694 valence electrons. The van der Waals surface area contributed by atoms with E-state index in [2.05, 4.69) is 39.1 Å². The molecule has 6 atom stereocenters. The Morgan fingerprint density at radius 1 is 0.492 bits per heavy atom. The minimum atomic E-state index is -1.01. The third kappa shape index (κ3) is 22.8. The monoisotopic (exact) mass is 1800 g/mol. The molecule has 4 saturated heterocycles. The highest BCUT2D eigenvalue weighted by Crippen LogP contribution is 2.43. The predicted octanol–water partition coefficient (Wildman–Crippen LogP) is 15.0. The summed E-state index contributed by atoms with van der Waals surface area (Å²) >= 11 is 0. The molecule has 4 aromatic heterocycles. The van der Waals surface area contributed by atoms with Gasteiger partial charge in [-0.25, -0.2) is 34.2 Å². The molecular weight excluding hydrogens is 1690 g/mol. The van der Waals surface area contributed by atoms with Crippen LogP contribution in [0.15, 0.2) is 159 Å². The second-order valence-electron chi connectivity index (χ2n) is 34.0. The first-order chi connectivity index (χ1) is 63.7. The van der Waals surface area contributed by atoms with Crippen molar-refractivity contribution in [3.8, 4) is 33.8 Å². The number of aromatic carboxylic acids is 1. The van der Waals surface area contributed by atoms with Gasteiger partial charge in [-0.05, 0) is 186 Å². The van der Waals surface area contributed by atoms with Crippen LogP contribution >= 0.6 is 0 Å². The fourth-order valence-electron chi connectivity index (χ4n) is 17.4. The van der Waals surface area contributed by atoms with Crippen LogP contribution in [0.25, 0.3) is 22.3 Å². The normalized spacial score (nSPS) is 18.1. The molecule has 0 saturated carbocycles. The Balaban J connectivity index is 0.000000215. The summed E-state index contributed by atoms with van der Waals surface area (Å²) in [6.07, 6.45) is 16.7. The van der Waals surface area contributed by atoms with Gasteiger partial charge in [0, 0.05) is 140 Å². The number of carbonyl (C=O) groups is 11. The number of aromatic nitrogens is 6. The number of rotatable bonds is 33. The number of carboxylic acid groups (broad SMARTS) is 1. The van der Waals surface area contributed by atoms with Crippen LogP contribution < -0.4 is 35.2 Å². The average Bonchev–Trinajstić information content (AvgIpc) is 1.60. The molecule has 5 aromatic carbocycles. The van der Waals surface area contributed by atoms with Crippen LogP contribution in [0, 0.1) is 13.8 Å². The molecule has 15 rings (SSSR count). The molecule has 6 aliphatic heterocycles. The molecule has 4 fully saturated rings. The van der Waals surface area contributed by atoms with Crippen LogP contribution in [0.1, 0.15) is 200 Å². The number of aryl methyl sites for hydroxylation is 6. The van der Waals surface area contributed by atoms with E-state index < -0.39 is 55.3 Å². The zero-order chi connectivity index (χ0) is 93.4. The second kappa shape index (κ2) is 43.4. The number of nitrogens with one attached hydrogen (secondary N) is 3. The third-order valence-electron chi connectivity index (χ3n) is 24.1. The first kappa shape index (κ1) is 94.5. The standard InChI is InChI=1S/C54H61N7O10.C45H52N6O10/c1-6-24-70-54(67)61-43-31-46(34(2)27-41(43)52(66)60-23-9-7-12-42(60)53(61)71-49-14-8-10-25-69-49)68-26-11-13-48(64)56-47-33-59(5)50(57-47)45(63)29-37-15-19-38(20-16-37)39-30-44(58(4)32-39)51(65)55-40-21-17-36(18-22-40)28-35(3)62;1-5-19-60-45(57)51-34-25-37(28(2)22-32(34)42(54)50-18-8-6-11-33(50)43(51)61-40-13-7-9-20-59-40)58-21-10-12-39(53)46-38-27-49(4)41(47-38)36(52)23-29-14-16-30(17-15-29)31-24-35(44(55)56)48(3)26-31/h6,15-22,27,30-33,42,49,53H,1,7-14,23-26,28-29H2,2-5H3,(H,55,65)(H,56,64);5,14-17,22,24-27,33,40,43H,1,6-13,18-21,23H2,2-4H3,(H,46,53)(H,55,56)/t42-,49?,53?;33-,40?,43?/m00/s1. The highest BCUT2D eigenvalue weighted by molar-refractivity contribution is 6.08. The molecule has 33 nitrogen and oxygen atoms in total. The lowest BCUT2D eigenvalue weighted by Gasteiger charge is -2.42. The zero-order valence-electron chi connectivity index (χ0n) is 75.5. The molecule has 0 aliphatic carbocycles. The Morgan fingerprint density at radius 2 is 0.909 bits per heavy atom. The van der Waals surface area contributed by atoms with Crippen molar-refractivity contribution >= 4 is 93.7 Å². The number of imidazole rings is 2. The van der Waals surface area contributed by atoms with Crippen molar-refractivity contribution in [2.45, 2.75) is 180 Å². The maximum Gasteiger partial charge on any atom is 0.416 e. The summed E-state index contributed by atoms with van der Waals surface area (Å²) in [4.78, 5) is 160. The summed E-state index contributed by atoms with van der Waals surface area (Å²) in [6, 6.07) is 31.4. The number of anilines is 5. The molecule has 33 heteroatoms. The molecule has 6 aliphatic rings. The van der Waals surface area contributed by atoms with Gasteiger partial charge in [0.15, 0.2) is 48.3 Å². The van der Waals surface area contributed by atoms with Gasteiger partial charge >= 0.3 is 18.2 Å². The number of ether oxygens (including phenoxy) is 8. The number of benzene rings is 5. The van der Waals surface area contributed by atoms with Crippen molar-refractivity contribution in [2.75, 3.05) is 78.5 Å². The van der Waals surface area contributed by atoms with E-state index in [4.69, 9.17) is 37.9 Å². The third-order valence-corrected chi connectivity index (χ3v) is 24.1. The minimum absolute atomic E-state index is 0.0303. The number of hydrogen-bond acceptors (Lipinski definition) is 21. The van der Waals surface area contributed by atoms with E-state index in [0.29, 0.717) is 128 Å². The first-order valence-electron chi connectivity index (χ1n) is 44.9. The van der Waals surface area contributed by atoms with E-state index >= 15 is 0 Å². The first-order valence-corrected chi connectivity index (χ1v) is 44.9. The minimum Gasteiger partial charge on any atom is -0.493 e. The fourth-order valence-corrected chi connectivity index (χ4v) is 17.4. The highest BCUT2D eigenvalue weighted by atomic mass is 16.7. The smallest absolute Gasteiger partial charge is 0.416 e. The Bertz CT molecular complexity index is 5780. The quantitative estimate of drug-likeness (QED) is 0.0169. The summed E-state index contributed by atoms with van der Waals surface area (Å²) in [7, 11) is 6.85. The van der Waals surface area contributed by atoms with Crippen LogP contribution in [-0.4, -0.2) is 198 Å². The SMILES string of the molecule is C=CCOC(=O)N1c2cc(OCCCC(=O)Nc3cn(C)c(C(=O)Cc4ccc(-c5cc(C(=O)Nc6ccc(CC(C)=O)cc6)n(C)c5)cc4)n3)c(C)cc2C(=O)N2CCCC[C@H]2C1OC1CCCCO1.C=CCOC(=O)N1c2cc(OCCCC(=O)Nc3cn(C)c(C(=O)Cc4ccc(-c5cc(C(=O)O)n(C)c5)cc4)n3)c(C)cc2C(=O)N2CCCC[C@H]2C1OC1CCCCO1. The number of fused-ring (bicyclic) bond motifs is 4. The van der Waals surface area contributed by atoms with E-state index in [0.717, 1.165) is 90.3 Å². The molecule has 4 unspecified atom stereocenters. The van der Waals surface area contributed by atoms with Crippen LogP contribution in [0.5, 0.6) is 11.5 Å². The number of amides is 7. The van der Waals surface area contributed by atoms with Gasteiger partial charge in [0.1, 0.15) is 41.9 Å². The van der Waals surface area contributed by atoms with Gasteiger partial charge in [0.2, 0.25) is 23.4 Å². The van der Waals surface area contributed by atoms with Crippen molar-refractivity contribution in [1.29, 1.82) is 0 Å². The molecule has 0 spiro atoms. The number of hydrogen-bond donors (Lipinski definition) is 4. The van der Waals surface area contributed by atoms with Crippen molar-refractivity contribution in [1.82, 2.24) is 38.0 Å². The number of carboxylic acids is 1. The van der Waals surface area contributed by atoms with E-state index in [1.54, 1.807) is 114 Å². The lowest BCUT2D eigenvalue weighted by atomic mass is 10.00. The van der Waals surface area contributed by atoms with Crippen LogP contribution in [-0.2, 0) is 90.3 Å². The fraction of sp³-hybridized carbons (Fsp3) is 0.404. The Kier molecular flexibility index (Phi) is 31.1. The second-order valence-corrected chi connectivity index (χ2v) is 34.0. The van der Waals surface area contributed by atoms with E-state index in [1.165, 1.54) is 28.9 Å². The van der Waals surface area contributed by atoms with Gasteiger partial charge < -0.3 is 87.0 Å². The molecule has 0 bridgehead atoms. The van der Waals surface area contributed by atoms with Crippen LogP contribution in [0.2, 0.25) is 0 Å². The van der Waals surface area contributed by atoms with E-state index in [-0.39, 0.29) is 128 Å². The Hall–Kier alpha value is -13.6. The van der Waals surface area contributed by atoms with Crippen molar-refractivity contribution in [3.63, 3.8) is 0 Å². The molecule has 7 amide bonds. The number of Topliss-reactive ketones (excluding diaryl/α,β-unsaturated/α-hetero) is 3. The maximum atomic E-state index is 14.2. The zero-order valence-corrected chi connectivity index (χ0v) is 75.5. The van der Waals surface area contributed by atoms with Crippen molar-refractivity contribution in [3.05, 3.63) is 221 Å². The molecular formula is C99H113N13O20. The Labute approximate surface area is 765 Å². The lowest BCUT2D eigenvalue weighted by molar-refractivity contribution is -0.199. The molecule has 132 heavy (non-hydrogen) atoms. The number of piperidine rings is 2. The topological polar surface area (TPSA) is 376 Å². The largest absolute Gasteiger partial charge is 0.493 e. The van der Waals surface area contributed by atoms with Gasteiger partial charge in [0.05, 0.1) is 47.8 Å². The van der Waals surface area contributed by atoms with E-state index in [1.807, 2.05) is 90.5 Å². The number of ketones is 3. The molecule has 4 N–H and O–H groups in total. The number of nitrogens with zero attached hydrogens (tertiary/aromatic N) is 10. The van der Waals surface area contributed by atoms with Gasteiger partial charge in [0.25, 0.3) is 17.7 Å². The summed E-state index contributed by atoms with van der Waals surface area (Å²) in [5, 5.41) is 17.8. The van der Waals surface area contributed by atoms with Crippen LogP contribution in [0.4, 0.5) is 38.3 Å². The van der Waals surface area contributed by atoms with Gasteiger partial charge in [-0.15, -0.1) is 0 Å².